The molecule has 0 saturated heterocycles. The van der Waals surface area contributed by atoms with E-state index in [0.717, 1.165) is 25.9 Å². The quantitative estimate of drug-likeness (QED) is 0.610. The van der Waals surface area contributed by atoms with Crippen LogP contribution in [0.4, 0.5) is 0 Å². The van der Waals surface area contributed by atoms with Crippen LogP contribution in [0.15, 0.2) is 0 Å². The van der Waals surface area contributed by atoms with Gasteiger partial charge in [0.1, 0.15) is 0 Å². The van der Waals surface area contributed by atoms with Gasteiger partial charge in [-0.15, -0.1) is 0 Å². The minimum Gasteiger partial charge on any atom is -0.289 e. The van der Waals surface area contributed by atoms with Crippen molar-refractivity contribution >= 4 is 5.91 Å². The smallest absolute Gasteiger partial charge is 0.233 e. The highest BCUT2D eigenvalue weighted by Gasteiger charge is 2.05. The third-order valence-corrected chi connectivity index (χ3v) is 2.17. The molecule has 1 amide bonds. The molecule has 0 unspecified atom stereocenters. The molecule has 1 N–H and O–H groups in total. The molecule has 0 bridgehead atoms. The summed E-state index contributed by atoms with van der Waals surface area (Å²) in [4.78, 5) is 11.2. The lowest BCUT2D eigenvalue weighted by molar-refractivity contribution is -0.125. The Balaban J connectivity index is 3.77. The zero-order chi connectivity index (χ0) is 10.8. The van der Waals surface area contributed by atoms with E-state index in [1.54, 1.807) is 0 Å². The molecule has 0 spiro atoms. The molecule has 0 aliphatic rings. The number of nitrogens with one attached hydrogen (secondary N) is 1. The zero-order valence-corrected chi connectivity index (χ0v) is 9.81. The van der Waals surface area contributed by atoms with Gasteiger partial charge in [0, 0.05) is 19.5 Å². The maximum absolute atomic E-state index is 11.2. The summed E-state index contributed by atoms with van der Waals surface area (Å²) < 4.78 is 0. The summed E-state index contributed by atoms with van der Waals surface area (Å²) in [5.41, 5.74) is 2.93. The van der Waals surface area contributed by atoms with Crippen LogP contribution in [-0.2, 0) is 4.79 Å². The van der Waals surface area contributed by atoms with Crippen molar-refractivity contribution in [1.82, 2.24) is 10.4 Å². The molecule has 14 heavy (non-hydrogen) atoms. The number of hydrazine groups is 1. The molecule has 3 nitrogen and oxygen atoms in total. The van der Waals surface area contributed by atoms with Crippen molar-refractivity contribution < 1.29 is 4.79 Å². The Kier molecular flexibility index (Phi) is 8.64. The van der Waals surface area contributed by atoms with Crippen LogP contribution < -0.4 is 5.43 Å². The molecule has 0 aromatic heterocycles. The van der Waals surface area contributed by atoms with Crippen LogP contribution in [0.25, 0.3) is 0 Å². The molecule has 0 radical (unpaired) electrons. The lowest BCUT2D eigenvalue weighted by Crippen LogP contribution is -2.43. The van der Waals surface area contributed by atoms with E-state index in [1.165, 1.54) is 12.8 Å². The van der Waals surface area contributed by atoms with Gasteiger partial charge in [0.25, 0.3) is 0 Å². The van der Waals surface area contributed by atoms with E-state index in [4.69, 9.17) is 0 Å². The van der Waals surface area contributed by atoms with Gasteiger partial charge in [0.05, 0.1) is 0 Å². The lowest BCUT2D eigenvalue weighted by atomic mass is 10.3. The lowest BCUT2D eigenvalue weighted by Gasteiger charge is -2.22. The van der Waals surface area contributed by atoms with E-state index in [1.807, 2.05) is 6.92 Å². The van der Waals surface area contributed by atoms with Crippen molar-refractivity contribution in [2.75, 3.05) is 13.1 Å². The first kappa shape index (κ1) is 13.4. The highest BCUT2D eigenvalue weighted by Crippen LogP contribution is 1.96. The van der Waals surface area contributed by atoms with Gasteiger partial charge in [0.15, 0.2) is 0 Å². The highest BCUT2D eigenvalue weighted by molar-refractivity contribution is 5.74. The summed E-state index contributed by atoms with van der Waals surface area (Å²) in [6.45, 7) is 8.16. The van der Waals surface area contributed by atoms with Crippen LogP contribution in [0.5, 0.6) is 0 Å². The number of hydrogen-bond acceptors (Lipinski definition) is 2. The third kappa shape index (κ3) is 6.89. The molecular weight excluding hydrogens is 176 g/mol. The van der Waals surface area contributed by atoms with Crippen LogP contribution in [-0.4, -0.2) is 24.0 Å². The molecule has 0 aliphatic carbocycles. The first-order valence-electron chi connectivity index (χ1n) is 5.79. The summed E-state index contributed by atoms with van der Waals surface area (Å²) in [5.74, 6) is 0.122. The Morgan fingerprint density at radius 3 is 1.93 bits per heavy atom. The maximum Gasteiger partial charge on any atom is 0.233 e. The number of amides is 1. The summed E-state index contributed by atoms with van der Waals surface area (Å²) >= 11 is 0. The van der Waals surface area contributed by atoms with E-state index >= 15 is 0 Å². The molecule has 0 aliphatic heterocycles. The third-order valence-electron chi connectivity index (χ3n) is 2.17. The molecule has 84 valence electrons. The Bertz CT molecular complexity index is 140. The molecule has 0 aromatic carbocycles. The fraction of sp³-hybridized carbons (Fsp3) is 0.909. The van der Waals surface area contributed by atoms with E-state index in [-0.39, 0.29) is 5.91 Å². The summed E-state index contributed by atoms with van der Waals surface area (Å²) in [6, 6.07) is 0. The van der Waals surface area contributed by atoms with Crippen LogP contribution in [0, 0.1) is 0 Å². The SMILES string of the molecule is CCCCN(CCCC)NC(=O)CC. The minimum atomic E-state index is 0.122. The van der Waals surface area contributed by atoms with Gasteiger partial charge in [-0.2, -0.15) is 0 Å². The predicted molar refractivity (Wildman–Crippen MR) is 59.8 cm³/mol. The second-order valence-corrected chi connectivity index (χ2v) is 3.58. The molecule has 0 aromatic rings. The fourth-order valence-corrected chi connectivity index (χ4v) is 1.18. The number of unbranched alkanes of at least 4 members (excludes halogenated alkanes) is 2. The van der Waals surface area contributed by atoms with Gasteiger partial charge in [-0.05, 0) is 12.8 Å². The Morgan fingerprint density at radius 2 is 1.57 bits per heavy atom. The van der Waals surface area contributed by atoms with Crippen LogP contribution in [0.3, 0.4) is 0 Å². The Hall–Kier alpha value is -0.570. The molecular formula is C11H24N2O. The topological polar surface area (TPSA) is 32.3 Å². The molecule has 0 rings (SSSR count). The first-order chi connectivity index (χ1) is 6.74. The summed E-state index contributed by atoms with van der Waals surface area (Å²) in [7, 11) is 0. The monoisotopic (exact) mass is 200 g/mol. The molecule has 0 saturated carbocycles. The van der Waals surface area contributed by atoms with Crippen molar-refractivity contribution in [1.29, 1.82) is 0 Å². The summed E-state index contributed by atoms with van der Waals surface area (Å²) in [5, 5.41) is 2.05. The Morgan fingerprint density at radius 1 is 1.07 bits per heavy atom. The highest BCUT2D eigenvalue weighted by atomic mass is 16.2. The Labute approximate surface area is 87.8 Å². The van der Waals surface area contributed by atoms with Crippen LogP contribution in [0.2, 0.25) is 0 Å². The molecule has 3 heteroatoms. The van der Waals surface area contributed by atoms with Crippen LogP contribution in [0.1, 0.15) is 52.9 Å². The minimum absolute atomic E-state index is 0.122. The van der Waals surface area contributed by atoms with Gasteiger partial charge in [-0.25, -0.2) is 5.01 Å². The largest absolute Gasteiger partial charge is 0.289 e. The number of rotatable bonds is 8. The number of carbonyl (C=O) groups excluding carboxylic acids is 1. The van der Waals surface area contributed by atoms with E-state index in [2.05, 4.69) is 24.3 Å². The maximum atomic E-state index is 11.2. The van der Waals surface area contributed by atoms with Crippen LogP contribution >= 0.6 is 0 Å². The summed E-state index contributed by atoms with van der Waals surface area (Å²) in [6.07, 6.45) is 5.20. The van der Waals surface area contributed by atoms with Gasteiger partial charge < -0.3 is 0 Å². The molecule has 0 heterocycles. The first-order valence-corrected chi connectivity index (χ1v) is 5.79. The van der Waals surface area contributed by atoms with Crippen molar-refractivity contribution in [3.05, 3.63) is 0 Å². The van der Waals surface area contributed by atoms with E-state index < -0.39 is 0 Å². The average molecular weight is 200 g/mol. The fourth-order valence-electron chi connectivity index (χ4n) is 1.18. The van der Waals surface area contributed by atoms with Gasteiger partial charge in [-0.3, -0.25) is 10.2 Å². The van der Waals surface area contributed by atoms with Crippen molar-refractivity contribution in [3.8, 4) is 0 Å². The second kappa shape index (κ2) is 9.00. The number of carbonyl (C=O) groups is 1. The van der Waals surface area contributed by atoms with Gasteiger partial charge >= 0.3 is 0 Å². The molecule has 0 fully saturated rings. The number of nitrogens with zero attached hydrogens (tertiary/aromatic N) is 1. The molecule has 0 atom stereocenters. The normalized spacial score (nSPS) is 10.6. The number of hydrogen-bond donors (Lipinski definition) is 1. The predicted octanol–water partition coefficient (Wildman–Crippen LogP) is 2.33. The zero-order valence-electron chi connectivity index (χ0n) is 9.81. The van der Waals surface area contributed by atoms with Crippen molar-refractivity contribution in [2.45, 2.75) is 52.9 Å². The average Bonchev–Trinajstić information content (AvgIpc) is 2.21. The standard InChI is InChI=1S/C11H24N2O/c1-4-7-9-13(10-8-5-2)12-11(14)6-3/h4-10H2,1-3H3,(H,12,14). The van der Waals surface area contributed by atoms with Gasteiger partial charge in [-0.1, -0.05) is 33.6 Å². The van der Waals surface area contributed by atoms with E-state index in [0.29, 0.717) is 6.42 Å². The van der Waals surface area contributed by atoms with Gasteiger partial charge in [0.2, 0.25) is 5.91 Å². The second-order valence-electron chi connectivity index (χ2n) is 3.58. The van der Waals surface area contributed by atoms with Crippen molar-refractivity contribution in [2.24, 2.45) is 0 Å². The van der Waals surface area contributed by atoms with E-state index in [9.17, 15) is 4.79 Å². The van der Waals surface area contributed by atoms with Crippen molar-refractivity contribution in [3.63, 3.8) is 0 Å².